The zero-order valence-electron chi connectivity index (χ0n) is 10.5. The number of carbonyl (C=O) groups excluding carboxylic acids is 1. The summed E-state index contributed by atoms with van der Waals surface area (Å²) in [7, 11) is 0. The molecule has 4 nitrogen and oxygen atoms in total. The topological polar surface area (TPSA) is 55.0 Å². The first-order valence-corrected chi connectivity index (χ1v) is 6.25. The van der Waals surface area contributed by atoms with Crippen molar-refractivity contribution in [1.82, 2.24) is 9.97 Å². The van der Waals surface area contributed by atoms with E-state index in [0.29, 0.717) is 12.3 Å². The second-order valence-electron chi connectivity index (χ2n) is 4.63. The number of aromatic nitrogens is 2. The number of nitrogens with zero attached hydrogens (tertiary/aromatic N) is 1. The molecule has 1 fully saturated rings. The van der Waals surface area contributed by atoms with Crippen LogP contribution in [-0.4, -0.2) is 22.5 Å². The van der Waals surface area contributed by atoms with Gasteiger partial charge in [0, 0.05) is 6.42 Å². The molecular formula is C12H15F3N2O2. The Bertz CT molecular complexity index is 464. The number of nitrogens with one attached hydrogen (secondary N) is 1. The molecule has 1 N–H and O–H groups in total. The number of ether oxygens (including phenoxy) is 1. The number of rotatable bonds is 4. The lowest BCUT2D eigenvalue weighted by atomic mass is 9.83. The van der Waals surface area contributed by atoms with Gasteiger partial charge in [-0.1, -0.05) is 19.3 Å². The van der Waals surface area contributed by atoms with Gasteiger partial charge in [0.1, 0.15) is 5.82 Å². The van der Waals surface area contributed by atoms with Gasteiger partial charge in [-0.3, -0.25) is 0 Å². The van der Waals surface area contributed by atoms with Crippen LogP contribution in [0.3, 0.4) is 0 Å². The summed E-state index contributed by atoms with van der Waals surface area (Å²) < 4.78 is 43.0. The molecule has 0 radical (unpaired) electrons. The first kappa shape index (κ1) is 13.9. The van der Waals surface area contributed by atoms with E-state index in [2.05, 4.69) is 14.7 Å². The summed E-state index contributed by atoms with van der Waals surface area (Å²) in [6.45, 7) is 1.56. The molecule has 1 heterocycles. The van der Waals surface area contributed by atoms with Gasteiger partial charge in [-0.2, -0.15) is 13.2 Å². The van der Waals surface area contributed by atoms with E-state index in [1.54, 1.807) is 0 Å². The number of aromatic amines is 1. The zero-order valence-corrected chi connectivity index (χ0v) is 10.5. The molecule has 0 aliphatic heterocycles. The molecule has 0 unspecified atom stereocenters. The quantitative estimate of drug-likeness (QED) is 0.860. The van der Waals surface area contributed by atoms with Gasteiger partial charge in [0.2, 0.25) is 0 Å². The number of esters is 1. The number of halogens is 3. The number of hydrogen-bond acceptors (Lipinski definition) is 3. The first-order chi connectivity index (χ1) is 8.91. The summed E-state index contributed by atoms with van der Waals surface area (Å²) in [5.41, 5.74) is -1.77. The molecule has 1 aliphatic rings. The number of H-pyrrole nitrogens is 1. The number of carbonyl (C=O) groups is 1. The van der Waals surface area contributed by atoms with E-state index in [0.717, 1.165) is 19.3 Å². The summed E-state index contributed by atoms with van der Waals surface area (Å²) in [5.74, 6) is -0.440. The van der Waals surface area contributed by atoms with E-state index < -0.39 is 23.5 Å². The van der Waals surface area contributed by atoms with Crippen LogP contribution in [0.5, 0.6) is 0 Å². The van der Waals surface area contributed by atoms with Gasteiger partial charge in [0.15, 0.2) is 11.4 Å². The predicted octanol–water partition coefficient (Wildman–Crippen LogP) is 2.95. The number of alkyl halides is 3. The van der Waals surface area contributed by atoms with Gasteiger partial charge in [-0.05, 0) is 12.8 Å². The Morgan fingerprint density at radius 2 is 2.16 bits per heavy atom. The van der Waals surface area contributed by atoms with Crippen LogP contribution in [0, 0.1) is 5.92 Å². The Balaban J connectivity index is 2.25. The summed E-state index contributed by atoms with van der Waals surface area (Å²) in [6.07, 6.45) is -1.12. The Hall–Kier alpha value is -1.53. The third-order valence-electron chi connectivity index (χ3n) is 3.21. The Labute approximate surface area is 108 Å². The standard InChI is InChI=1S/C12H15F3N2O2/c1-2-19-11(18)9-10(12(13,14)15)17-8(16-9)6-7-4-3-5-7/h7H,2-6H2,1H3,(H,16,17). The smallest absolute Gasteiger partial charge is 0.435 e. The fourth-order valence-corrected chi connectivity index (χ4v) is 2.05. The molecule has 1 saturated carbocycles. The first-order valence-electron chi connectivity index (χ1n) is 6.25. The highest BCUT2D eigenvalue weighted by atomic mass is 19.4. The molecular weight excluding hydrogens is 261 g/mol. The van der Waals surface area contributed by atoms with Gasteiger partial charge in [0.25, 0.3) is 0 Å². The lowest BCUT2D eigenvalue weighted by Gasteiger charge is -2.23. The minimum atomic E-state index is -4.66. The molecule has 7 heteroatoms. The van der Waals surface area contributed by atoms with E-state index in [4.69, 9.17) is 0 Å². The summed E-state index contributed by atoms with van der Waals surface area (Å²) in [4.78, 5) is 17.5. The van der Waals surface area contributed by atoms with Gasteiger partial charge in [0.05, 0.1) is 6.61 Å². The SMILES string of the molecule is CCOC(=O)c1[nH]c(CC2CCC2)nc1C(F)(F)F. The molecule has 106 valence electrons. The average molecular weight is 276 g/mol. The molecule has 0 amide bonds. The maximum Gasteiger partial charge on any atom is 0.435 e. The van der Waals surface area contributed by atoms with Crippen molar-refractivity contribution >= 4 is 5.97 Å². The number of hydrogen-bond donors (Lipinski definition) is 1. The predicted molar refractivity (Wildman–Crippen MR) is 60.6 cm³/mol. The van der Waals surface area contributed by atoms with E-state index in [1.165, 1.54) is 6.92 Å². The highest BCUT2D eigenvalue weighted by Crippen LogP contribution is 2.33. The lowest BCUT2D eigenvalue weighted by Crippen LogP contribution is -2.15. The minimum Gasteiger partial charge on any atom is -0.461 e. The highest BCUT2D eigenvalue weighted by Gasteiger charge is 2.40. The van der Waals surface area contributed by atoms with Crippen molar-refractivity contribution in [3.8, 4) is 0 Å². The van der Waals surface area contributed by atoms with Gasteiger partial charge in [-0.15, -0.1) is 0 Å². The summed E-state index contributed by atoms with van der Waals surface area (Å²) in [5, 5.41) is 0. The van der Waals surface area contributed by atoms with Crippen molar-refractivity contribution in [2.75, 3.05) is 6.61 Å². The van der Waals surface area contributed by atoms with Gasteiger partial charge >= 0.3 is 12.1 Å². The molecule has 19 heavy (non-hydrogen) atoms. The monoisotopic (exact) mass is 276 g/mol. The van der Waals surface area contributed by atoms with Crippen molar-refractivity contribution in [3.05, 3.63) is 17.2 Å². The molecule has 0 aromatic carbocycles. The van der Waals surface area contributed by atoms with Crippen molar-refractivity contribution in [1.29, 1.82) is 0 Å². The van der Waals surface area contributed by atoms with Crippen LogP contribution in [0.25, 0.3) is 0 Å². The van der Waals surface area contributed by atoms with E-state index in [-0.39, 0.29) is 12.4 Å². The van der Waals surface area contributed by atoms with Crippen molar-refractivity contribution in [3.63, 3.8) is 0 Å². The second-order valence-corrected chi connectivity index (χ2v) is 4.63. The second kappa shape index (κ2) is 5.22. The molecule has 2 rings (SSSR count). The molecule has 0 saturated heterocycles. The van der Waals surface area contributed by atoms with Crippen LogP contribution in [0.2, 0.25) is 0 Å². The third kappa shape index (κ3) is 3.08. The van der Waals surface area contributed by atoms with Gasteiger partial charge in [-0.25, -0.2) is 9.78 Å². The van der Waals surface area contributed by atoms with Gasteiger partial charge < -0.3 is 9.72 Å². The lowest BCUT2D eigenvalue weighted by molar-refractivity contribution is -0.141. The Morgan fingerprint density at radius 1 is 1.47 bits per heavy atom. The van der Waals surface area contributed by atoms with Crippen LogP contribution < -0.4 is 0 Å². The Morgan fingerprint density at radius 3 is 2.63 bits per heavy atom. The molecule has 0 bridgehead atoms. The van der Waals surface area contributed by atoms with Crippen LogP contribution in [0.1, 0.15) is 48.2 Å². The minimum absolute atomic E-state index is 0.0209. The third-order valence-corrected chi connectivity index (χ3v) is 3.21. The zero-order chi connectivity index (χ0) is 14.0. The molecule has 1 aliphatic carbocycles. The normalized spacial score (nSPS) is 16.2. The largest absolute Gasteiger partial charge is 0.461 e. The van der Waals surface area contributed by atoms with E-state index >= 15 is 0 Å². The molecule has 1 aromatic rings. The maximum absolute atomic E-state index is 12.8. The number of imidazole rings is 1. The fraction of sp³-hybridized carbons (Fsp3) is 0.667. The van der Waals surface area contributed by atoms with Crippen molar-refractivity contribution in [2.45, 2.75) is 38.8 Å². The van der Waals surface area contributed by atoms with Crippen LogP contribution >= 0.6 is 0 Å². The molecule has 0 atom stereocenters. The highest BCUT2D eigenvalue weighted by molar-refractivity contribution is 5.88. The summed E-state index contributed by atoms with van der Waals surface area (Å²) >= 11 is 0. The maximum atomic E-state index is 12.8. The van der Waals surface area contributed by atoms with Crippen molar-refractivity contribution in [2.24, 2.45) is 5.92 Å². The van der Waals surface area contributed by atoms with Crippen LogP contribution in [0.15, 0.2) is 0 Å². The summed E-state index contributed by atoms with van der Waals surface area (Å²) in [6, 6.07) is 0. The fourth-order valence-electron chi connectivity index (χ4n) is 2.05. The van der Waals surface area contributed by atoms with E-state index in [1.807, 2.05) is 0 Å². The van der Waals surface area contributed by atoms with Crippen LogP contribution in [0.4, 0.5) is 13.2 Å². The average Bonchev–Trinajstić information content (AvgIpc) is 2.67. The van der Waals surface area contributed by atoms with E-state index in [9.17, 15) is 18.0 Å². The van der Waals surface area contributed by atoms with Crippen LogP contribution in [-0.2, 0) is 17.3 Å². The van der Waals surface area contributed by atoms with Crippen molar-refractivity contribution < 1.29 is 22.7 Å². The molecule has 0 spiro atoms. The Kier molecular flexibility index (Phi) is 3.82. The molecule has 1 aromatic heterocycles.